The summed E-state index contributed by atoms with van der Waals surface area (Å²) in [5.41, 5.74) is -0.500. The van der Waals surface area contributed by atoms with Crippen molar-refractivity contribution in [3.63, 3.8) is 0 Å². The molecule has 2 rings (SSSR count). The molecule has 0 aromatic carbocycles. The predicted octanol–water partition coefficient (Wildman–Crippen LogP) is 1.95. The van der Waals surface area contributed by atoms with Gasteiger partial charge in [-0.3, -0.25) is 4.79 Å². The van der Waals surface area contributed by atoms with Gasteiger partial charge in [-0.05, 0) is 40.0 Å². The maximum absolute atomic E-state index is 12.1. The fourth-order valence-corrected chi connectivity index (χ4v) is 2.99. The van der Waals surface area contributed by atoms with Gasteiger partial charge in [0.25, 0.3) is 0 Å². The highest BCUT2D eigenvalue weighted by Crippen LogP contribution is 2.42. The van der Waals surface area contributed by atoms with Crippen LogP contribution in [0.1, 0.15) is 40.0 Å². The highest BCUT2D eigenvalue weighted by molar-refractivity contribution is 5.77. The number of rotatable bonds is 1. The molecule has 0 saturated carbocycles. The predicted molar refractivity (Wildman–Crippen MR) is 65.0 cm³/mol. The van der Waals surface area contributed by atoms with Crippen LogP contribution in [0.3, 0.4) is 0 Å². The van der Waals surface area contributed by atoms with Gasteiger partial charge in [-0.2, -0.15) is 0 Å². The summed E-state index contributed by atoms with van der Waals surface area (Å²) in [5.74, 6) is -0.392. The minimum atomic E-state index is -0.500. The van der Waals surface area contributed by atoms with E-state index in [0.29, 0.717) is 6.42 Å². The van der Waals surface area contributed by atoms with E-state index in [2.05, 4.69) is 0 Å². The summed E-state index contributed by atoms with van der Waals surface area (Å²) in [6.07, 6.45) is 2.22. The average Bonchev–Trinajstić information content (AvgIpc) is 2.82. The lowest BCUT2D eigenvalue weighted by Gasteiger charge is -2.27. The lowest BCUT2D eigenvalue weighted by molar-refractivity contribution is -0.146. The van der Waals surface area contributed by atoms with Crippen LogP contribution in [-0.2, 0) is 14.3 Å². The Morgan fingerprint density at radius 3 is 2.44 bits per heavy atom. The molecule has 0 radical (unpaired) electrons. The van der Waals surface area contributed by atoms with Crippen molar-refractivity contribution in [3.05, 3.63) is 0 Å². The minimum Gasteiger partial charge on any atom is -0.469 e. The molecule has 2 fully saturated rings. The monoisotopic (exact) mass is 255 g/mol. The third-order valence-corrected chi connectivity index (χ3v) is 3.65. The summed E-state index contributed by atoms with van der Waals surface area (Å²) in [5, 5.41) is 0. The normalized spacial score (nSPS) is 30.4. The summed E-state index contributed by atoms with van der Waals surface area (Å²) in [6, 6.07) is 0.0891. The number of amides is 1. The Hall–Kier alpha value is -1.26. The molecule has 0 aliphatic carbocycles. The molecular weight excluding hydrogens is 234 g/mol. The molecule has 2 saturated heterocycles. The molecule has 0 N–H and O–H groups in total. The highest BCUT2D eigenvalue weighted by atomic mass is 16.6. The van der Waals surface area contributed by atoms with Crippen LogP contribution in [0.25, 0.3) is 0 Å². The Balaban J connectivity index is 2.07. The smallest absolute Gasteiger partial charge is 0.410 e. The molecule has 102 valence electrons. The number of carbonyl (C=O) groups excluding carboxylic acids is 2. The molecule has 2 aliphatic rings. The lowest BCUT2D eigenvalue weighted by atomic mass is 9.89. The summed E-state index contributed by atoms with van der Waals surface area (Å²) in [6.45, 7) is 5.54. The van der Waals surface area contributed by atoms with E-state index in [4.69, 9.17) is 9.47 Å². The Kier molecular flexibility index (Phi) is 3.25. The molecule has 5 nitrogen and oxygen atoms in total. The van der Waals surface area contributed by atoms with Gasteiger partial charge in [0.1, 0.15) is 5.60 Å². The van der Waals surface area contributed by atoms with Gasteiger partial charge < -0.3 is 14.4 Å². The number of carbonyl (C=O) groups is 2. The average molecular weight is 255 g/mol. The van der Waals surface area contributed by atoms with Gasteiger partial charge in [0.15, 0.2) is 0 Å². The number of esters is 1. The van der Waals surface area contributed by atoms with Crippen molar-refractivity contribution in [2.24, 2.45) is 5.92 Å². The van der Waals surface area contributed by atoms with Crippen LogP contribution in [0, 0.1) is 5.92 Å². The molecule has 3 atom stereocenters. The van der Waals surface area contributed by atoms with E-state index in [0.717, 1.165) is 12.8 Å². The Morgan fingerprint density at radius 2 is 1.89 bits per heavy atom. The van der Waals surface area contributed by atoms with Gasteiger partial charge in [-0.1, -0.05) is 0 Å². The summed E-state index contributed by atoms with van der Waals surface area (Å²) < 4.78 is 10.2. The zero-order valence-electron chi connectivity index (χ0n) is 11.4. The first kappa shape index (κ1) is 13.2. The van der Waals surface area contributed by atoms with Gasteiger partial charge >= 0.3 is 12.1 Å². The van der Waals surface area contributed by atoms with Crippen molar-refractivity contribution >= 4 is 12.1 Å². The van der Waals surface area contributed by atoms with E-state index in [9.17, 15) is 9.59 Å². The van der Waals surface area contributed by atoms with Gasteiger partial charge in [-0.15, -0.1) is 0 Å². The van der Waals surface area contributed by atoms with Crippen LogP contribution >= 0.6 is 0 Å². The van der Waals surface area contributed by atoms with E-state index in [1.807, 2.05) is 20.8 Å². The number of methoxy groups -OCH3 is 1. The molecule has 5 heteroatoms. The largest absolute Gasteiger partial charge is 0.469 e. The summed E-state index contributed by atoms with van der Waals surface area (Å²) in [4.78, 5) is 25.5. The fourth-order valence-electron chi connectivity index (χ4n) is 2.99. The van der Waals surface area contributed by atoms with Crippen LogP contribution in [0.4, 0.5) is 4.79 Å². The van der Waals surface area contributed by atoms with Crippen molar-refractivity contribution in [3.8, 4) is 0 Å². The second-order valence-corrected chi connectivity index (χ2v) is 6.05. The maximum atomic E-state index is 12.1. The Morgan fingerprint density at radius 1 is 1.22 bits per heavy atom. The van der Waals surface area contributed by atoms with Gasteiger partial charge in [0, 0.05) is 12.1 Å². The van der Waals surface area contributed by atoms with E-state index < -0.39 is 5.60 Å². The van der Waals surface area contributed by atoms with Crippen molar-refractivity contribution in [2.45, 2.75) is 57.7 Å². The second kappa shape index (κ2) is 4.44. The standard InChI is InChI=1S/C13H21NO4/c1-13(2,3)18-12(16)14-8-5-6-10(14)9(7-8)11(15)17-4/h8-10H,5-7H2,1-4H3/t8-,9-,10+/m0/s1. The van der Waals surface area contributed by atoms with Crippen molar-refractivity contribution < 1.29 is 19.1 Å². The van der Waals surface area contributed by atoms with Crippen molar-refractivity contribution in [1.82, 2.24) is 4.90 Å². The van der Waals surface area contributed by atoms with E-state index in [1.165, 1.54) is 7.11 Å². The zero-order chi connectivity index (χ0) is 13.5. The van der Waals surface area contributed by atoms with Crippen LogP contribution in [0.2, 0.25) is 0 Å². The summed E-state index contributed by atoms with van der Waals surface area (Å²) >= 11 is 0. The number of nitrogens with zero attached hydrogens (tertiary/aromatic N) is 1. The zero-order valence-corrected chi connectivity index (χ0v) is 11.4. The fraction of sp³-hybridized carbons (Fsp3) is 0.846. The molecular formula is C13H21NO4. The Labute approximate surface area is 107 Å². The first-order valence-electron chi connectivity index (χ1n) is 6.42. The lowest BCUT2D eigenvalue weighted by Crippen LogP contribution is -2.41. The number of ether oxygens (including phenoxy) is 2. The molecule has 2 heterocycles. The molecule has 1 amide bonds. The quantitative estimate of drug-likeness (QED) is 0.672. The van der Waals surface area contributed by atoms with Gasteiger partial charge in [0.2, 0.25) is 0 Å². The first-order valence-corrected chi connectivity index (χ1v) is 6.42. The first-order chi connectivity index (χ1) is 8.33. The molecule has 0 unspecified atom stereocenters. The van der Waals surface area contributed by atoms with Crippen LogP contribution < -0.4 is 0 Å². The third kappa shape index (κ3) is 2.31. The van der Waals surface area contributed by atoms with Crippen LogP contribution in [-0.4, -0.2) is 41.8 Å². The van der Waals surface area contributed by atoms with Crippen LogP contribution in [0.15, 0.2) is 0 Å². The summed E-state index contributed by atoms with van der Waals surface area (Å²) in [7, 11) is 1.39. The van der Waals surface area contributed by atoms with E-state index >= 15 is 0 Å². The number of hydrogen-bond acceptors (Lipinski definition) is 4. The Bertz CT molecular complexity index is 360. The minimum absolute atomic E-state index is 0.0442. The van der Waals surface area contributed by atoms with Crippen LogP contribution in [0.5, 0.6) is 0 Å². The van der Waals surface area contributed by atoms with E-state index in [1.54, 1.807) is 4.90 Å². The highest BCUT2D eigenvalue weighted by Gasteiger charge is 2.52. The topological polar surface area (TPSA) is 55.8 Å². The molecule has 2 aliphatic heterocycles. The molecule has 0 spiro atoms. The molecule has 2 bridgehead atoms. The van der Waals surface area contributed by atoms with Crippen molar-refractivity contribution in [2.75, 3.05) is 7.11 Å². The van der Waals surface area contributed by atoms with Crippen molar-refractivity contribution in [1.29, 1.82) is 0 Å². The van der Waals surface area contributed by atoms with Gasteiger partial charge in [-0.25, -0.2) is 4.79 Å². The van der Waals surface area contributed by atoms with Gasteiger partial charge in [0.05, 0.1) is 13.0 Å². The third-order valence-electron chi connectivity index (χ3n) is 3.65. The maximum Gasteiger partial charge on any atom is 0.410 e. The van der Waals surface area contributed by atoms with E-state index in [-0.39, 0.29) is 30.1 Å². The molecule has 0 aromatic rings. The second-order valence-electron chi connectivity index (χ2n) is 6.05. The molecule has 18 heavy (non-hydrogen) atoms. The number of hydrogen-bond donors (Lipinski definition) is 0. The molecule has 0 aromatic heterocycles. The SMILES string of the molecule is COC(=O)[C@H]1C[C@@H]2CC[C@H]1N2C(=O)OC(C)(C)C. The number of fused-ring (bicyclic) bond motifs is 2.